The summed E-state index contributed by atoms with van der Waals surface area (Å²) >= 11 is 0. The van der Waals surface area contributed by atoms with Crippen LogP contribution in [0.2, 0.25) is 0 Å². The van der Waals surface area contributed by atoms with Crippen LogP contribution >= 0.6 is 0 Å². The van der Waals surface area contributed by atoms with E-state index in [4.69, 9.17) is 5.73 Å². The smallest absolute Gasteiger partial charge is 0.235 e. The van der Waals surface area contributed by atoms with Gasteiger partial charge in [-0.2, -0.15) is 0 Å². The monoisotopic (exact) mass is 365 g/mol. The maximum absolute atomic E-state index is 14.3. The molecule has 2 aromatic carbocycles. The Balaban J connectivity index is 1.67. The Labute approximate surface area is 154 Å². The third-order valence-corrected chi connectivity index (χ3v) is 5.78. The molecule has 0 atom stereocenters. The molecule has 3 aromatic rings. The molecule has 4 nitrogen and oxygen atoms in total. The van der Waals surface area contributed by atoms with Crippen molar-refractivity contribution in [2.24, 2.45) is 0 Å². The number of amides is 1. The fourth-order valence-electron chi connectivity index (χ4n) is 4.21. The van der Waals surface area contributed by atoms with E-state index >= 15 is 0 Å². The molecule has 0 saturated heterocycles. The van der Waals surface area contributed by atoms with Gasteiger partial charge in [-0.25, -0.2) is 8.78 Å². The van der Waals surface area contributed by atoms with Gasteiger partial charge in [0.1, 0.15) is 11.6 Å². The molecule has 6 heteroatoms. The first-order valence-corrected chi connectivity index (χ1v) is 8.88. The highest BCUT2D eigenvalue weighted by molar-refractivity contribution is 6.10. The second-order valence-corrected chi connectivity index (χ2v) is 7.24. The van der Waals surface area contributed by atoms with Gasteiger partial charge in [-0.1, -0.05) is 6.42 Å². The van der Waals surface area contributed by atoms with E-state index in [-0.39, 0.29) is 11.6 Å². The predicted octanol–water partition coefficient (Wildman–Crippen LogP) is 4.38. The van der Waals surface area contributed by atoms with Crippen LogP contribution in [0.15, 0.2) is 48.7 Å². The normalized spacial score (nSPS) is 16.9. The predicted molar refractivity (Wildman–Crippen MR) is 99.7 cm³/mol. The summed E-state index contributed by atoms with van der Waals surface area (Å²) in [6, 6.07) is 10.9. The highest BCUT2D eigenvalue weighted by Gasteiger charge is 2.51. The number of carbonyl (C=O) groups excluding carboxylic acids is 1. The number of halogens is 2. The van der Waals surface area contributed by atoms with Crippen molar-refractivity contribution < 1.29 is 13.6 Å². The third-order valence-electron chi connectivity index (χ3n) is 5.78. The number of hydrogen-bond donors (Lipinski definition) is 2. The molecule has 0 radical (unpaired) electrons. The number of fused-ring (bicyclic) bond motifs is 2. The number of aromatic nitrogens is 1. The molecule has 1 spiro atoms. The van der Waals surface area contributed by atoms with Crippen molar-refractivity contribution in [3.05, 3.63) is 65.9 Å². The zero-order valence-corrected chi connectivity index (χ0v) is 14.4. The minimum atomic E-state index is -0.645. The molecule has 1 amide bonds. The highest BCUT2D eigenvalue weighted by atomic mass is 19.1. The van der Waals surface area contributed by atoms with Gasteiger partial charge in [-0.15, -0.1) is 0 Å². The number of nitrogens with two attached hydrogens (primary N) is 1. The van der Waals surface area contributed by atoms with E-state index < -0.39 is 17.0 Å². The lowest BCUT2D eigenvalue weighted by Crippen LogP contribution is -2.40. The number of nitrogens with one attached hydrogen (secondary N) is 1. The quantitative estimate of drug-likeness (QED) is 0.662. The van der Waals surface area contributed by atoms with Gasteiger partial charge < -0.3 is 15.6 Å². The average Bonchev–Trinajstić information content (AvgIpc) is 3.16. The van der Waals surface area contributed by atoms with Crippen LogP contribution in [0.4, 0.5) is 20.2 Å². The second-order valence-electron chi connectivity index (χ2n) is 7.24. The molecule has 1 fully saturated rings. The maximum Gasteiger partial charge on any atom is 0.235 e. The summed E-state index contributed by atoms with van der Waals surface area (Å²) < 4.78 is 29.2. The van der Waals surface area contributed by atoms with E-state index in [9.17, 15) is 13.6 Å². The van der Waals surface area contributed by atoms with Crippen LogP contribution < -0.4 is 11.1 Å². The van der Waals surface area contributed by atoms with Gasteiger partial charge in [0.25, 0.3) is 0 Å². The van der Waals surface area contributed by atoms with Crippen molar-refractivity contribution in [3.8, 4) is 16.9 Å². The second kappa shape index (κ2) is 5.42. The van der Waals surface area contributed by atoms with Gasteiger partial charge in [-0.05, 0) is 54.8 Å². The summed E-state index contributed by atoms with van der Waals surface area (Å²) in [4.78, 5) is 12.5. The van der Waals surface area contributed by atoms with Crippen molar-refractivity contribution in [2.75, 3.05) is 11.1 Å². The van der Waals surface area contributed by atoms with Gasteiger partial charge in [0.05, 0.1) is 28.2 Å². The molecule has 1 aliphatic heterocycles. The molecule has 2 aliphatic rings. The zero-order chi connectivity index (χ0) is 18.8. The van der Waals surface area contributed by atoms with E-state index in [1.165, 1.54) is 12.1 Å². The van der Waals surface area contributed by atoms with E-state index in [2.05, 4.69) is 5.32 Å². The van der Waals surface area contributed by atoms with Crippen LogP contribution in [0.5, 0.6) is 0 Å². The van der Waals surface area contributed by atoms with E-state index in [0.717, 1.165) is 42.1 Å². The number of nitrogen functional groups attached to an aromatic ring is 1. The molecule has 0 unspecified atom stereocenters. The van der Waals surface area contributed by atoms with E-state index in [0.29, 0.717) is 11.4 Å². The first-order valence-electron chi connectivity index (χ1n) is 8.88. The highest BCUT2D eigenvalue weighted by Crippen LogP contribution is 2.53. The topological polar surface area (TPSA) is 60.0 Å². The maximum atomic E-state index is 14.3. The summed E-state index contributed by atoms with van der Waals surface area (Å²) in [5.41, 5.74) is 9.62. The summed E-state index contributed by atoms with van der Waals surface area (Å²) in [6.07, 6.45) is 4.34. The first-order chi connectivity index (χ1) is 13.0. The summed E-state index contributed by atoms with van der Waals surface area (Å²) in [5, 5.41) is 2.92. The number of hydrogen-bond acceptors (Lipinski definition) is 2. The Morgan fingerprint density at radius 1 is 1.11 bits per heavy atom. The Bertz CT molecular complexity index is 1100. The van der Waals surface area contributed by atoms with Gasteiger partial charge >= 0.3 is 0 Å². The molecule has 1 aromatic heterocycles. The number of anilines is 2. The van der Waals surface area contributed by atoms with Gasteiger partial charge in [0, 0.05) is 17.8 Å². The van der Waals surface area contributed by atoms with Crippen molar-refractivity contribution in [1.29, 1.82) is 0 Å². The Morgan fingerprint density at radius 3 is 2.63 bits per heavy atom. The number of benzene rings is 2. The lowest BCUT2D eigenvalue weighted by atomic mass is 9.65. The molecular formula is C21H17F2N3O. The fourth-order valence-corrected chi connectivity index (χ4v) is 4.21. The van der Waals surface area contributed by atoms with E-state index in [1.807, 2.05) is 12.1 Å². The number of nitrogens with zero attached hydrogens (tertiary/aromatic N) is 1. The summed E-state index contributed by atoms with van der Waals surface area (Å²) in [7, 11) is 0. The number of rotatable bonds is 2. The average molecular weight is 365 g/mol. The number of carbonyl (C=O) groups is 1. The Morgan fingerprint density at radius 2 is 1.93 bits per heavy atom. The van der Waals surface area contributed by atoms with Crippen molar-refractivity contribution >= 4 is 17.3 Å². The standard InChI is InChI=1S/C21H17F2N3O/c22-13-4-5-18(15(23)11-13)26-8-1-3-17(26)12-9-14-19(16(24)10-12)25-20(27)21(14)6-2-7-21/h1,3-5,8-11H,2,6-7,24H2,(H,25,27). The first kappa shape index (κ1) is 16.1. The molecule has 3 N–H and O–H groups in total. The lowest BCUT2D eigenvalue weighted by Gasteiger charge is -2.36. The van der Waals surface area contributed by atoms with Gasteiger partial charge in [-0.3, -0.25) is 4.79 Å². The summed E-state index contributed by atoms with van der Waals surface area (Å²) in [6.45, 7) is 0. The summed E-state index contributed by atoms with van der Waals surface area (Å²) in [5.74, 6) is -1.26. The van der Waals surface area contributed by atoms with Crippen molar-refractivity contribution in [3.63, 3.8) is 0 Å². The minimum Gasteiger partial charge on any atom is -0.397 e. The molecule has 2 heterocycles. The molecular weight excluding hydrogens is 348 g/mol. The van der Waals surface area contributed by atoms with Crippen LogP contribution in [-0.4, -0.2) is 10.5 Å². The molecule has 0 bridgehead atoms. The van der Waals surface area contributed by atoms with Crippen molar-refractivity contribution in [2.45, 2.75) is 24.7 Å². The van der Waals surface area contributed by atoms with Crippen LogP contribution in [0, 0.1) is 11.6 Å². The Hall–Kier alpha value is -3.15. The van der Waals surface area contributed by atoms with Crippen LogP contribution in [0.1, 0.15) is 24.8 Å². The van der Waals surface area contributed by atoms with E-state index in [1.54, 1.807) is 22.9 Å². The van der Waals surface area contributed by atoms with Gasteiger partial charge in [0.2, 0.25) is 5.91 Å². The van der Waals surface area contributed by atoms with Crippen LogP contribution in [0.3, 0.4) is 0 Å². The SMILES string of the molecule is Nc1cc(-c2cccn2-c2ccc(F)cc2F)cc2c1NC(=O)C21CCC1. The Kier molecular flexibility index (Phi) is 3.22. The zero-order valence-electron chi connectivity index (χ0n) is 14.4. The fraction of sp³-hybridized carbons (Fsp3) is 0.190. The van der Waals surface area contributed by atoms with Crippen LogP contribution in [0.25, 0.3) is 16.9 Å². The van der Waals surface area contributed by atoms with Gasteiger partial charge in [0.15, 0.2) is 0 Å². The third kappa shape index (κ3) is 2.16. The largest absolute Gasteiger partial charge is 0.397 e. The minimum absolute atomic E-state index is 0.00700. The molecule has 5 rings (SSSR count). The molecule has 1 aliphatic carbocycles. The molecule has 1 saturated carbocycles. The molecule has 27 heavy (non-hydrogen) atoms. The van der Waals surface area contributed by atoms with Crippen molar-refractivity contribution in [1.82, 2.24) is 4.57 Å². The van der Waals surface area contributed by atoms with Crippen LogP contribution in [-0.2, 0) is 10.2 Å². The lowest BCUT2D eigenvalue weighted by molar-refractivity contribution is -0.123. The molecule has 136 valence electrons.